The quantitative estimate of drug-likeness (QED) is 0.137. The molecule has 1 amide bonds. The van der Waals surface area contributed by atoms with Crippen molar-refractivity contribution in [3.05, 3.63) is 95.0 Å². The van der Waals surface area contributed by atoms with E-state index in [1.54, 1.807) is 11.0 Å². The van der Waals surface area contributed by atoms with Gasteiger partial charge in [-0.3, -0.25) is 0 Å². The molecule has 3 unspecified atom stereocenters. The second-order valence-corrected chi connectivity index (χ2v) is 18.9. The smallest absolute Gasteiger partial charge is 0.410 e. The molecule has 3 aromatic rings. The number of amides is 1. The monoisotopic (exact) mass is 667 g/mol. The zero-order chi connectivity index (χ0) is 33.3. The van der Waals surface area contributed by atoms with Crippen molar-refractivity contribution in [2.24, 2.45) is 0 Å². The predicted octanol–water partition coefficient (Wildman–Crippen LogP) is 8.85. The van der Waals surface area contributed by atoms with Crippen molar-refractivity contribution in [2.75, 3.05) is 26.3 Å². The van der Waals surface area contributed by atoms with E-state index in [0.717, 1.165) is 16.9 Å². The van der Waals surface area contributed by atoms with Crippen LogP contribution in [0.25, 0.3) is 0 Å². The number of piperidine rings is 1. The van der Waals surface area contributed by atoms with E-state index in [0.29, 0.717) is 53.6 Å². The lowest BCUT2D eigenvalue weighted by atomic mass is 9.85. The van der Waals surface area contributed by atoms with Gasteiger partial charge >= 0.3 is 6.09 Å². The molecule has 3 aromatic carbocycles. The van der Waals surface area contributed by atoms with Gasteiger partial charge in [0.2, 0.25) is 8.32 Å². The highest BCUT2D eigenvalue weighted by Crippen LogP contribution is 2.46. The summed E-state index contributed by atoms with van der Waals surface area (Å²) < 4.78 is 24.7. The van der Waals surface area contributed by atoms with E-state index in [4.69, 9.17) is 30.2 Å². The Bertz CT molecular complexity index is 1350. The van der Waals surface area contributed by atoms with Crippen LogP contribution in [0.2, 0.25) is 21.6 Å². The fourth-order valence-corrected chi connectivity index (χ4v) is 12.7. The molecule has 250 valence electrons. The topological polar surface area (TPSA) is 77.5 Å². The van der Waals surface area contributed by atoms with Gasteiger partial charge in [-0.2, -0.15) is 0 Å². The molecule has 3 atom stereocenters. The lowest BCUT2D eigenvalue weighted by molar-refractivity contribution is -0.0255. The van der Waals surface area contributed by atoms with Crippen LogP contribution in [0.4, 0.5) is 4.79 Å². The van der Waals surface area contributed by atoms with Crippen molar-refractivity contribution in [1.82, 2.24) is 4.90 Å². The summed E-state index contributed by atoms with van der Waals surface area (Å²) in [6, 6.07) is 24.9. The molecular weight excluding hydrogens is 618 g/mol. The highest BCUT2D eigenvalue weighted by atomic mass is 35.5. The number of ether oxygens (including phenoxy) is 3. The fourth-order valence-electron chi connectivity index (χ4n) is 6.95. The molecule has 0 aromatic heterocycles. The van der Waals surface area contributed by atoms with E-state index in [2.05, 4.69) is 41.5 Å². The SMILES string of the molecule is CC(C)[Si](OC1CN(C(=O)OCc2ccccc2)CC(O)C1c1ccc(OCCCOc2ccccc2Cl)cc1)(C(C)C)C(C)C. The van der Waals surface area contributed by atoms with E-state index >= 15 is 0 Å². The number of nitrogens with zero attached hydrogens (tertiary/aromatic N) is 1. The fraction of sp³-hybridized carbons (Fsp3) is 0.486. The van der Waals surface area contributed by atoms with Gasteiger partial charge in [0.25, 0.3) is 0 Å². The molecule has 46 heavy (non-hydrogen) atoms. The third kappa shape index (κ3) is 8.85. The van der Waals surface area contributed by atoms with Gasteiger partial charge in [0.15, 0.2) is 0 Å². The zero-order valence-corrected chi connectivity index (χ0v) is 29.8. The Morgan fingerprint density at radius 3 is 2.09 bits per heavy atom. The van der Waals surface area contributed by atoms with Gasteiger partial charge in [0.05, 0.1) is 37.0 Å². The van der Waals surface area contributed by atoms with E-state index in [1.807, 2.05) is 72.8 Å². The lowest BCUT2D eigenvalue weighted by Gasteiger charge is -2.49. The van der Waals surface area contributed by atoms with Gasteiger partial charge in [-0.05, 0) is 52.0 Å². The number of likely N-dealkylation sites (tertiary alicyclic amines) is 1. The zero-order valence-electron chi connectivity index (χ0n) is 28.0. The second-order valence-electron chi connectivity index (χ2n) is 13.1. The van der Waals surface area contributed by atoms with Crippen molar-refractivity contribution in [1.29, 1.82) is 0 Å². The van der Waals surface area contributed by atoms with E-state index < -0.39 is 20.5 Å². The highest BCUT2D eigenvalue weighted by molar-refractivity contribution is 6.77. The van der Waals surface area contributed by atoms with Crippen molar-refractivity contribution < 1.29 is 28.5 Å². The summed E-state index contributed by atoms with van der Waals surface area (Å²) in [5, 5.41) is 12.2. The highest BCUT2D eigenvalue weighted by Gasteiger charge is 2.50. The van der Waals surface area contributed by atoms with Crippen molar-refractivity contribution in [2.45, 2.75) is 89.3 Å². The number of carbonyl (C=O) groups is 1. The summed E-state index contributed by atoms with van der Waals surface area (Å²) in [6.07, 6.45) is -0.953. The summed E-state index contributed by atoms with van der Waals surface area (Å²) in [6.45, 7) is 15.2. The summed E-state index contributed by atoms with van der Waals surface area (Å²) in [7, 11) is -2.35. The number of hydrogen-bond acceptors (Lipinski definition) is 6. The number of para-hydroxylation sites is 1. The number of benzene rings is 3. The number of halogens is 1. The maximum Gasteiger partial charge on any atom is 0.410 e. The van der Waals surface area contributed by atoms with Gasteiger partial charge in [0.1, 0.15) is 18.1 Å². The molecule has 1 aliphatic rings. The maximum absolute atomic E-state index is 13.3. The van der Waals surface area contributed by atoms with Crippen LogP contribution in [0, 0.1) is 0 Å². The van der Waals surface area contributed by atoms with Crippen LogP contribution in [0.15, 0.2) is 78.9 Å². The standard InChI is InChI=1S/C37H50ClNO6Si/c1-26(2)46(27(3)4,28(5)6)45-35-24-39(37(41)44-25-29-13-8-7-9-14-29)23-33(40)36(35)30-17-19-31(20-18-30)42-21-12-22-43-34-16-11-10-15-32(34)38/h7-11,13-20,26-28,33,35-36,40H,12,21-25H2,1-6H3. The average Bonchev–Trinajstić information content (AvgIpc) is 3.03. The normalized spacial score (nSPS) is 18.7. The van der Waals surface area contributed by atoms with E-state index in [1.165, 1.54) is 0 Å². The molecule has 1 heterocycles. The molecule has 0 spiro atoms. The molecule has 0 saturated carbocycles. The third-order valence-corrected chi connectivity index (χ3v) is 15.5. The number of aliphatic hydroxyl groups excluding tert-OH is 1. The van der Waals surface area contributed by atoms with Crippen LogP contribution >= 0.6 is 11.6 Å². The van der Waals surface area contributed by atoms with Crippen LogP contribution in [0.5, 0.6) is 11.5 Å². The first-order chi connectivity index (χ1) is 22.0. The lowest BCUT2D eigenvalue weighted by Crippen LogP contribution is -2.59. The number of rotatable bonds is 14. The molecular formula is C37H50ClNO6Si. The Kier molecular flexibility index (Phi) is 13.0. The first-order valence-corrected chi connectivity index (χ1v) is 19.0. The Morgan fingerprint density at radius 1 is 0.848 bits per heavy atom. The Hall–Kier alpha value is -3.04. The van der Waals surface area contributed by atoms with E-state index in [-0.39, 0.29) is 25.2 Å². The molecule has 9 heteroatoms. The van der Waals surface area contributed by atoms with Crippen LogP contribution in [-0.2, 0) is 15.8 Å². The Morgan fingerprint density at radius 2 is 1.46 bits per heavy atom. The predicted molar refractivity (Wildman–Crippen MR) is 186 cm³/mol. The number of aliphatic hydroxyl groups is 1. The first-order valence-electron chi connectivity index (χ1n) is 16.4. The maximum atomic E-state index is 13.3. The van der Waals surface area contributed by atoms with Crippen LogP contribution in [0.3, 0.4) is 0 Å². The summed E-state index contributed by atoms with van der Waals surface area (Å²) in [5.74, 6) is 1.10. The van der Waals surface area contributed by atoms with Crippen LogP contribution < -0.4 is 9.47 Å². The van der Waals surface area contributed by atoms with Gasteiger partial charge in [-0.1, -0.05) is 108 Å². The molecule has 1 saturated heterocycles. The average molecular weight is 668 g/mol. The van der Waals surface area contributed by atoms with Gasteiger partial charge < -0.3 is 28.6 Å². The van der Waals surface area contributed by atoms with Crippen molar-refractivity contribution >= 4 is 26.0 Å². The molecule has 0 radical (unpaired) electrons. The molecule has 0 aliphatic carbocycles. The second kappa shape index (κ2) is 16.7. The van der Waals surface area contributed by atoms with Crippen molar-refractivity contribution in [3.63, 3.8) is 0 Å². The largest absolute Gasteiger partial charge is 0.493 e. The van der Waals surface area contributed by atoms with Gasteiger partial charge in [0, 0.05) is 18.9 Å². The molecule has 1 aliphatic heterocycles. The first kappa shape index (κ1) is 35.8. The van der Waals surface area contributed by atoms with E-state index in [9.17, 15) is 9.90 Å². The third-order valence-electron chi connectivity index (χ3n) is 9.07. The summed E-state index contributed by atoms with van der Waals surface area (Å²) in [4.78, 5) is 14.9. The number of carbonyl (C=O) groups excluding carboxylic acids is 1. The summed E-state index contributed by atoms with van der Waals surface area (Å²) >= 11 is 6.17. The molecule has 1 N–H and O–H groups in total. The molecule has 1 fully saturated rings. The van der Waals surface area contributed by atoms with Gasteiger partial charge in [-0.15, -0.1) is 0 Å². The van der Waals surface area contributed by atoms with Crippen LogP contribution in [-0.4, -0.2) is 62.9 Å². The molecule has 7 nitrogen and oxygen atoms in total. The molecule has 0 bridgehead atoms. The minimum Gasteiger partial charge on any atom is -0.493 e. The Balaban J connectivity index is 1.47. The Labute approximate surface area is 280 Å². The van der Waals surface area contributed by atoms with Gasteiger partial charge in [-0.25, -0.2) is 4.79 Å². The molecule has 4 rings (SSSR count). The number of β-amino-alcohol motifs (C(OH)–C–C–N with tert-alkyl or cyclic N) is 1. The van der Waals surface area contributed by atoms with Crippen LogP contribution in [0.1, 0.15) is 65.0 Å². The van der Waals surface area contributed by atoms with Crippen molar-refractivity contribution in [3.8, 4) is 11.5 Å². The minimum absolute atomic E-state index is 0.168. The minimum atomic E-state index is -2.35. The summed E-state index contributed by atoms with van der Waals surface area (Å²) in [5.41, 5.74) is 2.93. The number of hydrogen-bond donors (Lipinski definition) is 1.